The standard InChI is InChI=1S/C29H36F2N2O3/c1-5-6-7-8-9-16-33(18-20-10-12-21(13-11-20)29(2,3)4)27(26-25(34)19-36-28(26)35)32-24-15-14-22(30)17-23(24)31/h10-15,17,34H,5-9,16,18-19H2,1-4H3. The number of hydrogen-bond donors (Lipinski definition) is 1. The zero-order valence-corrected chi connectivity index (χ0v) is 21.6. The Hall–Kier alpha value is -3.22. The Kier molecular flexibility index (Phi) is 9.24. The maximum Gasteiger partial charge on any atom is 0.345 e. The predicted octanol–water partition coefficient (Wildman–Crippen LogP) is 7.13. The van der Waals surface area contributed by atoms with Crippen molar-refractivity contribution >= 4 is 17.5 Å². The maximum atomic E-state index is 14.6. The lowest BCUT2D eigenvalue weighted by atomic mass is 9.87. The molecule has 2 aromatic carbocycles. The number of esters is 1. The van der Waals surface area contributed by atoms with Crippen LogP contribution < -0.4 is 0 Å². The molecule has 0 saturated heterocycles. The number of unbranched alkanes of at least 4 members (excludes halogenated alkanes) is 4. The number of aliphatic hydroxyl groups is 1. The van der Waals surface area contributed by atoms with Gasteiger partial charge in [0.2, 0.25) is 0 Å². The third-order valence-corrected chi connectivity index (χ3v) is 6.22. The molecule has 3 rings (SSSR count). The van der Waals surface area contributed by atoms with Crippen LogP contribution in [-0.2, 0) is 21.5 Å². The van der Waals surface area contributed by atoms with Crippen molar-refractivity contribution in [2.75, 3.05) is 13.2 Å². The molecule has 0 saturated carbocycles. The number of carbonyl (C=O) groups is 1. The topological polar surface area (TPSA) is 62.1 Å². The fourth-order valence-electron chi connectivity index (χ4n) is 4.08. The minimum Gasteiger partial charge on any atom is -0.508 e. The number of amidine groups is 1. The second-order valence-corrected chi connectivity index (χ2v) is 10.2. The Morgan fingerprint density at radius 3 is 2.33 bits per heavy atom. The highest BCUT2D eigenvalue weighted by atomic mass is 19.1. The number of benzene rings is 2. The van der Waals surface area contributed by atoms with Crippen LogP contribution in [0.4, 0.5) is 14.5 Å². The van der Waals surface area contributed by atoms with E-state index in [1.807, 2.05) is 17.0 Å². The highest BCUT2D eigenvalue weighted by molar-refractivity contribution is 6.20. The van der Waals surface area contributed by atoms with Crippen molar-refractivity contribution in [3.8, 4) is 0 Å². The number of aliphatic imine (C=N–C) groups is 1. The summed E-state index contributed by atoms with van der Waals surface area (Å²) in [6.45, 7) is 9.26. The summed E-state index contributed by atoms with van der Waals surface area (Å²) in [6.07, 6.45) is 5.15. The van der Waals surface area contributed by atoms with Gasteiger partial charge in [0.15, 0.2) is 5.82 Å². The zero-order valence-electron chi connectivity index (χ0n) is 21.6. The van der Waals surface area contributed by atoms with Gasteiger partial charge in [0.05, 0.1) is 0 Å². The number of carbonyl (C=O) groups excluding carboxylic acids is 1. The van der Waals surface area contributed by atoms with E-state index in [2.05, 4.69) is 44.8 Å². The van der Waals surface area contributed by atoms with Gasteiger partial charge in [-0.25, -0.2) is 18.6 Å². The molecule has 1 heterocycles. The summed E-state index contributed by atoms with van der Waals surface area (Å²) in [5, 5.41) is 10.5. The molecular formula is C29H36F2N2O3. The van der Waals surface area contributed by atoms with Crippen LogP contribution in [0, 0.1) is 11.6 Å². The second kappa shape index (κ2) is 12.2. The van der Waals surface area contributed by atoms with Gasteiger partial charge in [-0.15, -0.1) is 0 Å². The van der Waals surface area contributed by atoms with Crippen LogP contribution in [-0.4, -0.2) is 35.0 Å². The van der Waals surface area contributed by atoms with Crippen molar-refractivity contribution < 1.29 is 23.4 Å². The molecule has 0 spiro atoms. The predicted molar refractivity (Wildman–Crippen MR) is 138 cm³/mol. The molecule has 0 aromatic heterocycles. The maximum absolute atomic E-state index is 14.6. The normalized spacial score (nSPS) is 14.4. The lowest BCUT2D eigenvalue weighted by molar-refractivity contribution is -0.135. The van der Waals surface area contributed by atoms with Crippen LogP contribution in [0.3, 0.4) is 0 Å². The fourth-order valence-corrected chi connectivity index (χ4v) is 4.08. The SMILES string of the molecule is CCCCCCCN(Cc1ccc(C(C)(C)C)cc1)C(=Nc1ccc(F)cc1F)C1=C(O)COC1=O. The lowest BCUT2D eigenvalue weighted by Gasteiger charge is -2.27. The molecule has 0 bridgehead atoms. The molecule has 0 unspecified atom stereocenters. The zero-order chi connectivity index (χ0) is 26.3. The average Bonchev–Trinajstić information content (AvgIpc) is 3.15. The van der Waals surface area contributed by atoms with E-state index < -0.39 is 17.6 Å². The van der Waals surface area contributed by atoms with Crippen molar-refractivity contribution in [2.45, 2.75) is 71.8 Å². The smallest absolute Gasteiger partial charge is 0.345 e. The lowest BCUT2D eigenvalue weighted by Crippen LogP contribution is -2.35. The van der Waals surface area contributed by atoms with E-state index in [-0.39, 0.29) is 34.9 Å². The molecule has 0 fully saturated rings. The largest absolute Gasteiger partial charge is 0.508 e. The molecule has 1 N–H and O–H groups in total. The molecule has 0 amide bonds. The summed E-state index contributed by atoms with van der Waals surface area (Å²) in [5.74, 6) is -2.41. The van der Waals surface area contributed by atoms with Gasteiger partial charge in [-0.2, -0.15) is 0 Å². The van der Waals surface area contributed by atoms with Gasteiger partial charge >= 0.3 is 5.97 Å². The third-order valence-electron chi connectivity index (χ3n) is 6.22. The Morgan fingerprint density at radius 1 is 1.06 bits per heavy atom. The molecule has 7 heteroatoms. The molecule has 5 nitrogen and oxygen atoms in total. The van der Waals surface area contributed by atoms with Crippen molar-refractivity contribution in [1.82, 2.24) is 4.90 Å². The summed E-state index contributed by atoms with van der Waals surface area (Å²) in [4.78, 5) is 18.9. The van der Waals surface area contributed by atoms with Gasteiger partial charge in [0.1, 0.15) is 35.3 Å². The van der Waals surface area contributed by atoms with E-state index in [1.165, 1.54) is 11.6 Å². The first-order chi connectivity index (χ1) is 17.1. The quantitative estimate of drug-likeness (QED) is 0.164. The van der Waals surface area contributed by atoms with E-state index in [4.69, 9.17) is 4.74 Å². The summed E-state index contributed by atoms with van der Waals surface area (Å²) in [5.41, 5.74) is 1.98. The Labute approximate surface area is 212 Å². The highest BCUT2D eigenvalue weighted by Crippen LogP contribution is 2.27. The molecule has 2 aromatic rings. The molecule has 194 valence electrons. The highest BCUT2D eigenvalue weighted by Gasteiger charge is 2.33. The van der Waals surface area contributed by atoms with Gasteiger partial charge in [-0.05, 0) is 35.1 Å². The van der Waals surface area contributed by atoms with Crippen LogP contribution in [0.15, 0.2) is 58.8 Å². The molecular weight excluding hydrogens is 462 g/mol. The molecule has 0 atom stereocenters. The van der Waals surface area contributed by atoms with Crippen LogP contribution in [0.5, 0.6) is 0 Å². The third kappa shape index (κ3) is 7.15. The number of ether oxygens (including phenoxy) is 1. The van der Waals surface area contributed by atoms with Crippen LogP contribution >= 0.6 is 0 Å². The molecule has 36 heavy (non-hydrogen) atoms. The second-order valence-electron chi connectivity index (χ2n) is 10.2. The van der Waals surface area contributed by atoms with E-state index in [1.54, 1.807) is 0 Å². The van der Waals surface area contributed by atoms with Gasteiger partial charge in [-0.3, -0.25) is 0 Å². The van der Waals surface area contributed by atoms with Gasteiger partial charge in [-0.1, -0.05) is 77.6 Å². The average molecular weight is 499 g/mol. The first-order valence-electron chi connectivity index (χ1n) is 12.6. The minimum atomic E-state index is -0.851. The number of halogens is 2. The van der Waals surface area contributed by atoms with Gasteiger partial charge in [0.25, 0.3) is 0 Å². The number of aliphatic hydroxyl groups excluding tert-OH is 1. The first kappa shape index (κ1) is 27.4. The number of cyclic esters (lactones) is 1. The fraction of sp³-hybridized carbons (Fsp3) is 0.448. The van der Waals surface area contributed by atoms with Crippen LogP contribution in [0.1, 0.15) is 70.9 Å². The van der Waals surface area contributed by atoms with E-state index in [0.29, 0.717) is 13.1 Å². The monoisotopic (exact) mass is 498 g/mol. The summed E-state index contributed by atoms with van der Waals surface area (Å²) in [7, 11) is 0. The first-order valence-corrected chi connectivity index (χ1v) is 12.6. The van der Waals surface area contributed by atoms with Crippen molar-refractivity contribution in [3.63, 3.8) is 0 Å². The van der Waals surface area contributed by atoms with Gasteiger partial charge < -0.3 is 14.7 Å². The summed E-state index contributed by atoms with van der Waals surface area (Å²) >= 11 is 0. The van der Waals surface area contributed by atoms with E-state index in [9.17, 15) is 18.7 Å². The minimum absolute atomic E-state index is 0.00836. The van der Waals surface area contributed by atoms with Gasteiger partial charge in [0, 0.05) is 19.2 Å². The molecule has 0 aliphatic carbocycles. The Balaban J connectivity index is 2.01. The molecule has 1 aliphatic heterocycles. The number of nitrogens with zero attached hydrogens (tertiary/aromatic N) is 2. The number of hydrogen-bond acceptors (Lipinski definition) is 4. The van der Waals surface area contributed by atoms with Crippen molar-refractivity contribution in [1.29, 1.82) is 0 Å². The van der Waals surface area contributed by atoms with Crippen LogP contribution in [0.2, 0.25) is 0 Å². The van der Waals surface area contributed by atoms with E-state index in [0.717, 1.165) is 49.8 Å². The summed E-state index contributed by atoms with van der Waals surface area (Å²) in [6, 6.07) is 11.3. The van der Waals surface area contributed by atoms with Crippen molar-refractivity contribution in [3.05, 3.63) is 76.6 Å². The van der Waals surface area contributed by atoms with Crippen molar-refractivity contribution in [2.24, 2.45) is 4.99 Å². The molecule has 1 aliphatic rings. The van der Waals surface area contributed by atoms with Crippen LogP contribution in [0.25, 0.3) is 0 Å². The summed E-state index contributed by atoms with van der Waals surface area (Å²) < 4.78 is 33.1. The number of rotatable bonds is 10. The Bertz CT molecular complexity index is 1120. The molecule has 0 radical (unpaired) electrons. The van der Waals surface area contributed by atoms with E-state index >= 15 is 0 Å². The Morgan fingerprint density at radius 2 is 1.75 bits per heavy atom.